The van der Waals surface area contributed by atoms with E-state index in [2.05, 4.69) is 10.2 Å². The molecule has 0 saturated heterocycles. The van der Waals surface area contributed by atoms with Crippen LogP contribution in [0.25, 0.3) is 11.4 Å². The first-order valence-electron chi connectivity index (χ1n) is 5.18. The fourth-order valence-electron chi connectivity index (χ4n) is 1.50. The Bertz CT molecular complexity index is 610. The van der Waals surface area contributed by atoms with Crippen LogP contribution in [0.1, 0.15) is 0 Å². The lowest BCUT2D eigenvalue weighted by Gasteiger charge is -2.03. The Hall–Kier alpha value is -1.96. The molecule has 0 aliphatic rings. The van der Waals surface area contributed by atoms with Crippen molar-refractivity contribution in [2.75, 3.05) is 5.75 Å². The summed E-state index contributed by atoms with van der Waals surface area (Å²) in [7, 11) is 1.60. The Kier molecular flexibility index (Phi) is 3.79. The second-order valence-electron chi connectivity index (χ2n) is 3.71. The molecule has 19 heavy (non-hydrogen) atoms. The average molecular weight is 285 g/mol. The highest BCUT2D eigenvalue weighted by molar-refractivity contribution is 7.99. The van der Waals surface area contributed by atoms with E-state index in [0.29, 0.717) is 5.16 Å². The molecular formula is C11H9F2N3O2S. The minimum absolute atomic E-state index is 0.163. The van der Waals surface area contributed by atoms with Crippen LogP contribution in [-0.4, -0.2) is 31.6 Å². The van der Waals surface area contributed by atoms with Gasteiger partial charge in [0.2, 0.25) is 0 Å². The summed E-state index contributed by atoms with van der Waals surface area (Å²) in [5, 5.41) is 16.6. The summed E-state index contributed by atoms with van der Waals surface area (Å²) in [5.74, 6) is -2.29. The van der Waals surface area contributed by atoms with Crippen molar-refractivity contribution < 1.29 is 18.7 Å². The lowest BCUT2D eigenvalue weighted by Crippen LogP contribution is -2.01. The summed E-state index contributed by atoms with van der Waals surface area (Å²) in [5.41, 5.74) is 0.245. The molecule has 1 N–H and O–H groups in total. The molecule has 0 aliphatic carbocycles. The van der Waals surface area contributed by atoms with Crippen molar-refractivity contribution >= 4 is 17.7 Å². The first-order chi connectivity index (χ1) is 8.97. The summed E-state index contributed by atoms with van der Waals surface area (Å²) in [6.07, 6.45) is 0. The van der Waals surface area contributed by atoms with E-state index in [1.54, 1.807) is 7.05 Å². The zero-order chi connectivity index (χ0) is 14.0. The van der Waals surface area contributed by atoms with Gasteiger partial charge in [-0.15, -0.1) is 10.2 Å². The van der Waals surface area contributed by atoms with Crippen LogP contribution >= 0.6 is 11.8 Å². The van der Waals surface area contributed by atoms with Crippen molar-refractivity contribution in [1.82, 2.24) is 14.8 Å². The monoisotopic (exact) mass is 285 g/mol. The molecule has 0 atom stereocenters. The van der Waals surface area contributed by atoms with E-state index < -0.39 is 17.6 Å². The standard InChI is InChI=1S/C11H9F2N3O2S/c1-16-10(6-2-7(12)4-8(13)3-6)14-15-11(16)19-5-9(17)18/h2-4H,5H2,1H3,(H,17,18). The highest BCUT2D eigenvalue weighted by atomic mass is 32.2. The minimum atomic E-state index is -0.980. The lowest BCUT2D eigenvalue weighted by atomic mass is 10.2. The van der Waals surface area contributed by atoms with Crippen molar-refractivity contribution in [2.45, 2.75) is 5.16 Å². The van der Waals surface area contributed by atoms with Crippen LogP contribution in [0.15, 0.2) is 23.4 Å². The molecular weight excluding hydrogens is 276 g/mol. The molecule has 5 nitrogen and oxygen atoms in total. The van der Waals surface area contributed by atoms with Crippen LogP contribution in [0.5, 0.6) is 0 Å². The Morgan fingerprint density at radius 3 is 2.53 bits per heavy atom. The molecule has 0 fully saturated rings. The number of aromatic nitrogens is 3. The van der Waals surface area contributed by atoms with Crippen LogP contribution in [0, 0.1) is 11.6 Å². The average Bonchev–Trinajstić information content (AvgIpc) is 2.66. The van der Waals surface area contributed by atoms with E-state index in [1.165, 1.54) is 4.57 Å². The molecule has 0 radical (unpaired) electrons. The number of aliphatic carboxylic acids is 1. The van der Waals surface area contributed by atoms with Crippen molar-refractivity contribution in [3.05, 3.63) is 29.8 Å². The maximum Gasteiger partial charge on any atom is 0.313 e. The van der Waals surface area contributed by atoms with Crippen LogP contribution in [0.3, 0.4) is 0 Å². The van der Waals surface area contributed by atoms with Crippen LogP contribution < -0.4 is 0 Å². The Morgan fingerprint density at radius 2 is 1.95 bits per heavy atom. The number of carboxylic acid groups (broad SMARTS) is 1. The maximum absolute atomic E-state index is 13.1. The van der Waals surface area contributed by atoms with Gasteiger partial charge >= 0.3 is 5.97 Å². The third kappa shape index (κ3) is 3.08. The number of rotatable bonds is 4. The molecule has 1 heterocycles. The predicted octanol–water partition coefficient (Wildman–Crippen LogP) is 1.94. The number of hydrogen-bond donors (Lipinski definition) is 1. The van der Waals surface area contributed by atoms with E-state index in [-0.39, 0.29) is 17.1 Å². The fraction of sp³-hybridized carbons (Fsp3) is 0.182. The zero-order valence-electron chi connectivity index (χ0n) is 9.80. The molecule has 2 aromatic rings. The summed E-state index contributed by atoms with van der Waals surface area (Å²) < 4.78 is 27.7. The molecule has 0 saturated carbocycles. The van der Waals surface area contributed by atoms with Gasteiger partial charge in [-0.3, -0.25) is 4.79 Å². The van der Waals surface area contributed by atoms with Gasteiger partial charge in [-0.2, -0.15) is 0 Å². The highest BCUT2D eigenvalue weighted by Gasteiger charge is 2.14. The lowest BCUT2D eigenvalue weighted by molar-refractivity contribution is -0.133. The number of benzene rings is 1. The number of carbonyl (C=O) groups is 1. The second-order valence-corrected chi connectivity index (χ2v) is 4.65. The van der Waals surface area contributed by atoms with Crippen molar-refractivity contribution in [3.8, 4) is 11.4 Å². The van der Waals surface area contributed by atoms with E-state index in [1.807, 2.05) is 0 Å². The van der Waals surface area contributed by atoms with E-state index >= 15 is 0 Å². The molecule has 0 aliphatic heterocycles. The van der Waals surface area contributed by atoms with Gasteiger partial charge in [0, 0.05) is 18.7 Å². The van der Waals surface area contributed by atoms with Gasteiger partial charge in [0.05, 0.1) is 5.75 Å². The number of halogens is 2. The maximum atomic E-state index is 13.1. The summed E-state index contributed by atoms with van der Waals surface area (Å²) in [4.78, 5) is 10.5. The first kappa shape index (κ1) is 13.5. The Morgan fingerprint density at radius 1 is 1.32 bits per heavy atom. The van der Waals surface area contributed by atoms with E-state index in [0.717, 1.165) is 30.0 Å². The fourth-order valence-corrected chi connectivity index (χ4v) is 2.13. The van der Waals surface area contributed by atoms with Crippen LogP contribution in [0.4, 0.5) is 8.78 Å². The third-order valence-electron chi connectivity index (χ3n) is 2.28. The molecule has 0 unspecified atom stereocenters. The summed E-state index contributed by atoms with van der Waals surface area (Å²) in [6.45, 7) is 0. The Labute approximate surface area is 111 Å². The van der Waals surface area contributed by atoms with Crippen molar-refractivity contribution in [3.63, 3.8) is 0 Å². The van der Waals surface area contributed by atoms with Crippen LogP contribution in [-0.2, 0) is 11.8 Å². The molecule has 1 aromatic carbocycles. The number of nitrogens with zero attached hydrogens (tertiary/aromatic N) is 3. The van der Waals surface area contributed by atoms with Gasteiger partial charge < -0.3 is 9.67 Å². The van der Waals surface area contributed by atoms with Gasteiger partial charge in [-0.25, -0.2) is 8.78 Å². The molecule has 8 heteroatoms. The molecule has 0 spiro atoms. The molecule has 0 bridgehead atoms. The van der Waals surface area contributed by atoms with Gasteiger partial charge in [-0.1, -0.05) is 11.8 Å². The van der Waals surface area contributed by atoms with Crippen molar-refractivity contribution in [2.24, 2.45) is 7.05 Å². The molecule has 100 valence electrons. The highest BCUT2D eigenvalue weighted by Crippen LogP contribution is 2.23. The SMILES string of the molecule is Cn1c(SCC(=O)O)nnc1-c1cc(F)cc(F)c1. The number of thioether (sulfide) groups is 1. The smallest absolute Gasteiger partial charge is 0.313 e. The normalized spacial score (nSPS) is 10.7. The van der Waals surface area contributed by atoms with Gasteiger partial charge in [-0.05, 0) is 12.1 Å². The first-order valence-corrected chi connectivity index (χ1v) is 6.16. The number of hydrogen-bond acceptors (Lipinski definition) is 4. The minimum Gasteiger partial charge on any atom is -0.481 e. The van der Waals surface area contributed by atoms with Crippen LogP contribution in [0.2, 0.25) is 0 Å². The van der Waals surface area contributed by atoms with Gasteiger partial charge in [0.1, 0.15) is 11.6 Å². The third-order valence-corrected chi connectivity index (χ3v) is 3.29. The Balaban J connectivity index is 2.33. The molecule has 0 amide bonds. The quantitative estimate of drug-likeness (QED) is 0.869. The van der Waals surface area contributed by atoms with Gasteiger partial charge in [0.25, 0.3) is 0 Å². The summed E-state index contributed by atoms with van der Waals surface area (Å²) >= 11 is 0.981. The summed E-state index contributed by atoms with van der Waals surface area (Å²) in [6, 6.07) is 3.04. The van der Waals surface area contributed by atoms with E-state index in [4.69, 9.17) is 5.11 Å². The molecule has 1 aromatic heterocycles. The molecule has 2 rings (SSSR count). The topological polar surface area (TPSA) is 68.0 Å². The number of carboxylic acids is 1. The van der Waals surface area contributed by atoms with Gasteiger partial charge in [0.15, 0.2) is 11.0 Å². The zero-order valence-corrected chi connectivity index (χ0v) is 10.6. The second kappa shape index (κ2) is 5.35. The predicted molar refractivity (Wildman–Crippen MR) is 64.7 cm³/mol. The van der Waals surface area contributed by atoms with Crippen molar-refractivity contribution in [1.29, 1.82) is 0 Å². The largest absolute Gasteiger partial charge is 0.481 e. The van der Waals surface area contributed by atoms with E-state index in [9.17, 15) is 13.6 Å².